The molecule has 2 rings (SSSR count). The molecule has 2 aromatic carbocycles. The molecule has 0 aliphatic rings. The van der Waals surface area contributed by atoms with Crippen molar-refractivity contribution in [2.24, 2.45) is 0 Å². The Kier molecular flexibility index (Phi) is 6.36. The molecule has 1 unspecified atom stereocenters. The summed E-state index contributed by atoms with van der Waals surface area (Å²) in [6, 6.07) is 16.1. The van der Waals surface area contributed by atoms with E-state index >= 15 is 0 Å². The Balaban J connectivity index is 2.15. The van der Waals surface area contributed by atoms with Gasteiger partial charge in [0.1, 0.15) is 0 Å². The average Bonchev–Trinajstić information content (AvgIpc) is 2.59. The molecular formula is C19H20ClN3O. The molecule has 0 saturated heterocycles. The minimum atomic E-state index is -0.154. The van der Waals surface area contributed by atoms with Crippen LogP contribution in [0.25, 0.3) is 0 Å². The van der Waals surface area contributed by atoms with Crippen LogP contribution < -0.4 is 5.32 Å². The summed E-state index contributed by atoms with van der Waals surface area (Å²) in [7, 11) is 4.00. The SMILES string of the molecule is CN(C)CCC(NC(=O)c1ccc(C#N)cc1)c1ccc(Cl)cc1. The van der Waals surface area contributed by atoms with E-state index in [0.29, 0.717) is 16.1 Å². The first kappa shape index (κ1) is 18.0. The number of carbonyl (C=O) groups is 1. The lowest BCUT2D eigenvalue weighted by Crippen LogP contribution is -2.31. The second-order valence-electron chi connectivity index (χ2n) is 5.86. The second kappa shape index (κ2) is 8.49. The number of rotatable bonds is 6. The number of hydrogen-bond acceptors (Lipinski definition) is 3. The van der Waals surface area contributed by atoms with Crippen molar-refractivity contribution in [3.63, 3.8) is 0 Å². The van der Waals surface area contributed by atoms with Gasteiger partial charge in [0.2, 0.25) is 0 Å². The van der Waals surface area contributed by atoms with Gasteiger partial charge in [-0.3, -0.25) is 4.79 Å². The monoisotopic (exact) mass is 341 g/mol. The predicted octanol–water partition coefficient (Wildman–Crippen LogP) is 3.63. The first-order chi connectivity index (χ1) is 11.5. The quantitative estimate of drug-likeness (QED) is 0.872. The van der Waals surface area contributed by atoms with Crippen LogP contribution in [0.4, 0.5) is 0 Å². The van der Waals surface area contributed by atoms with Gasteiger partial charge in [-0.1, -0.05) is 23.7 Å². The van der Waals surface area contributed by atoms with Gasteiger partial charge in [0.15, 0.2) is 0 Å². The average molecular weight is 342 g/mol. The Hall–Kier alpha value is -2.35. The molecular weight excluding hydrogens is 322 g/mol. The fourth-order valence-electron chi connectivity index (χ4n) is 2.34. The highest BCUT2D eigenvalue weighted by Gasteiger charge is 2.16. The van der Waals surface area contributed by atoms with E-state index in [1.807, 2.05) is 44.4 Å². The van der Waals surface area contributed by atoms with Crippen molar-refractivity contribution in [2.45, 2.75) is 12.5 Å². The van der Waals surface area contributed by atoms with Crippen LogP contribution in [0.2, 0.25) is 5.02 Å². The van der Waals surface area contributed by atoms with Gasteiger partial charge in [0.05, 0.1) is 17.7 Å². The molecule has 0 radical (unpaired) electrons. The number of nitrogens with zero attached hydrogens (tertiary/aromatic N) is 2. The van der Waals surface area contributed by atoms with Gasteiger partial charge in [-0.25, -0.2) is 0 Å². The van der Waals surface area contributed by atoms with Gasteiger partial charge in [-0.2, -0.15) is 5.26 Å². The number of halogens is 1. The van der Waals surface area contributed by atoms with Gasteiger partial charge in [-0.05, 0) is 69.0 Å². The van der Waals surface area contributed by atoms with Gasteiger partial charge >= 0.3 is 0 Å². The normalized spacial score (nSPS) is 11.8. The molecule has 24 heavy (non-hydrogen) atoms. The fraction of sp³-hybridized carbons (Fsp3) is 0.263. The van der Waals surface area contributed by atoms with Gasteiger partial charge in [-0.15, -0.1) is 0 Å². The summed E-state index contributed by atoms with van der Waals surface area (Å²) in [6.07, 6.45) is 0.788. The molecule has 1 atom stereocenters. The molecule has 1 N–H and O–H groups in total. The molecule has 124 valence electrons. The van der Waals surface area contributed by atoms with Gasteiger partial charge < -0.3 is 10.2 Å². The zero-order chi connectivity index (χ0) is 17.5. The van der Waals surface area contributed by atoms with E-state index in [9.17, 15) is 4.79 Å². The van der Waals surface area contributed by atoms with E-state index in [1.165, 1.54) is 0 Å². The van der Waals surface area contributed by atoms with Gasteiger partial charge in [0, 0.05) is 10.6 Å². The van der Waals surface area contributed by atoms with Gasteiger partial charge in [0.25, 0.3) is 5.91 Å². The van der Waals surface area contributed by atoms with E-state index in [2.05, 4.69) is 10.2 Å². The third-order valence-corrected chi connectivity index (χ3v) is 3.97. The van der Waals surface area contributed by atoms with Crippen molar-refractivity contribution in [3.8, 4) is 6.07 Å². The zero-order valence-electron chi connectivity index (χ0n) is 13.8. The number of benzene rings is 2. The van der Waals surface area contributed by atoms with Crippen LogP contribution in [0.1, 0.15) is 33.9 Å². The van der Waals surface area contributed by atoms with Crippen molar-refractivity contribution in [1.29, 1.82) is 5.26 Å². The molecule has 5 heteroatoms. The Labute approximate surface area is 147 Å². The maximum absolute atomic E-state index is 12.5. The summed E-state index contributed by atoms with van der Waals surface area (Å²) in [5, 5.41) is 12.6. The van der Waals surface area contributed by atoms with Crippen molar-refractivity contribution in [3.05, 3.63) is 70.2 Å². The Morgan fingerprint density at radius 1 is 1.17 bits per heavy atom. The third-order valence-electron chi connectivity index (χ3n) is 3.72. The van der Waals surface area contributed by atoms with E-state index in [1.54, 1.807) is 24.3 Å². The topological polar surface area (TPSA) is 56.1 Å². The van der Waals surface area contributed by atoms with Crippen LogP contribution in [0.5, 0.6) is 0 Å². The maximum atomic E-state index is 12.5. The van der Waals surface area contributed by atoms with Crippen molar-refractivity contribution < 1.29 is 4.79 Å². The summed E-state index contributed by atoms with van der Waals surface area (Å²) in [4.78, 5) is 14.6. The first-order valence-corrected chi connectivity index (χ1v) is 8.08. The molecule has 4 nitrogen and oxygen atoms in total. The molecule has 2 aromatic rings. The largest absolute Gasteiger partial charge is 0.345 e. The highest BCUT2D eigenvalue weighted by atomic mass is 35.5. The lowest BCUT2D eigenvalue weighted by Gasteiger charge is -2.21. The smallest absolute Gasteiger partial charge is 0.251 e. The summed E-state index contributed by atoms with van der Waals surface area (Å²) in [5.41, 5.74) is 2.09. The number of hydrogen-bond donors (Lipinski definition) is 1. The zero-order valence-corrected chi connectivity index (χ0v) is 14.5. The lowest BCUT2D eigenvalue weighted by atomic mass is 10.0. The number of nitriles is 1. The second-order valence-corrected chi connectivity index (χ2v) is 6.30. The summed E-state index contributed by atoms with van der Waals surface area (Å²) in [5.74, 6) is -0.154. The Morgan fingerprint density at radius 3 is 2.33 bits per heavy atom. The molecule has 0 aliphatic carbocycles. The van der Waals surface area contributed by atoms with Crippen molar-refractivity contribution in [1.82, 2.24) is 10.2 Å². The van der Waals surface area contributed by atoms with Crippen LogP contribution in [0, 0.1) is 11.3 Å². The summed E-state index contributed by atoms with van der Waals surface area (Å²) >= 11 is 5.95. The third kappa shape index (κ3) is 5.09. The highest BCUT2D eigenvalue weighted by molar-refractivity contribution is 6.30. The van der Waals surface area contributed by atoms with Crippen molar-refractivity contribution in [2.75, 3.05) is 20.6 Å². The van der Waals surface area contributed by atoms with E-state index in [-0.39, 0.29) is 11.9 Å². The molecule has 0 heterocycles. The highest BCUT2D eigenvalue weighted by Crippen LogP contribution is 2.20. The first-order valence-electron chi connectivity index (χ1n) is 7.71. The summed E-state index contributed by atoms with van der Waals surface area (Å²) < 4.78 is 0. The van der Waals surface area contributed by atoms with Crippen molar-refractivity contribution >= 4 is 17.5 Å². The van der Waals surface area contributed by atoms with Crippen LogP contribution in [0.15, 0.2) is 48.5 Å². The number of amides is 1. The number of carbonyl (C=O) groups excluding carboxylic acids is 1. The molecule has 1 amide bonds. The van der Waals surface area contributed by atoms with Crippen LogP contribution in [-0.2, 0) is 0 Å². The molecule has 0 saturated carbocycles. The van der Waals surface area contributed by atoms with E-state index in [4.69, 9.17) is 16.9 Å². The lowest BCUT2D eigenvalue weighted by molar-refractivity contribution is 0.0932. The predicted molar refractivity (Wildman–Crippen MR) is 96.0 cm³/mol. The standard InChI is InChI=1S/C19H20ClN3O/c1-23(2)12-11-18(15-7-9-17(20)10-8-15)22-19(24)16-5-3-14(13-21)4-6-16/h3-10,18H,11-12H2,1-2H3,(H,22,24). The molecule has 0 spiro atoms. The Bertz CT molecular complexity index is 718. The molecule has 0 bridgehead atoms. The van der Waals surface area contributed by atoms with Crippen LogP contribution >= 0.6 is 11.6 Å². The maximum Gasteiger partial charge on any atom is 0.251 e. The molecule has 0 aromatic heterocycles. The van der Waals surface area contributed by atoms with Crippen LogP contribution in [0.3, 0.4) is 0 Å². The Morgan fingerprint density at radius 2 is 1.79 bits per heavy atom. The minimum Gasteiger partial charge on any atom is -0.345 e. The van der Waals surface area contributed by atoms with E-state index < -0.39 is 0 Å². The van der Waals surface area contributed by atoms with Crippen LogP contribution in [-0.4, -0.2) is 31.4 Å². The summed E-state index contributed by atoms with van der Waals surface area (Å²) in [6.45, 7) is 0.848. The minimum absolute atomic E-state index is 0.104. The van der Waals surface area contributed by atoms with E-state index in [0.717, 1.165) is 18.5 Å². The molecule has 0 fully saturated rings. The number of nitrogens with one attached hydrogen (secondary N) is 1. The molecule has 0 aliphatic heterocycles. The fourth-order valence-corrected chi connectivity index (χ4v) is 2.47.